The van der Waals surface area contributed by atoms with Crippen LogP contribution >= 0.6 is 0 Å². The van der Waals surface area contributed by atoms with Gasteiger partial charge in [0.05, 0.1) is 6.10 Å². The van der Waals surface area contributed by atoms with E-state index in [1.807, 2.05) is 20.8 Å². The van der Waals surface area contributed by atoms with Gasteiger partial charge in [0.15, 0.2) is 0 Å². The number of aliphatic hydroxyl groups excluding tert-OH is 1. The molecule has 0 fully saturated rings. The molecule has 0 bridgehead atoms. The fraction of sp³-hybridized carbons (Fsp3) is 0.412. The van der Waals surface area contributed by atoms with E-state index < -0.39 is 6.10 Å². The Morgan fingerprint density at radius 1 is 1.00 bits per heavy atom. The van der Waals surface area contributed by atoms with E-state index >= 15 is 0 Å². The third-order valence-corrected chi connectivity index (χ3v) is 3.95. The summed E-state index contributed by atoms with van der Waals surface area (Å²) in [7, 11) is 0. The average Bonchev–Trinajstić information content (AvgIpc) is 2.58. The Morgan fingerprint density at radius 2 is 1.68 bits per heavy atom. The lowest BCUT2D eigenvalue weighted by atomic mass is 9.96. The highest BCUT2D eigenvalue weighted by Crippen LogP contribution is 2.29. The van der Waals surface area contributed by atoms with Gasteiger partial charge in [-0.1, -0.05) is 18.2 Å². The summed E-state index contributed by atoms with van der Waals surface area (Å²) in [5.74, 6) is 1.72. The van der Waals surface area contributed by atoms with Crippen molar-refractivity contribution < 1.29 is 9.52 Å². The van der Waals surface area contributed by atoms with Crippen LogP contribution in [0.2, 0.25) is 0 Å². The van der Waals surface area contributed by atoms with Gasteiger partial charge in [0.25, 0.3) is 0 Å². The van der Waals surface area contributed by atoms with Crippen molar-refractivity contribution >= 4 is 0 Å². The van der Waals surface area contributed by atoms with Crippen LogP contribution in [0, 0.1) is 34.6 Å². The molecule has 0 aliphatic rings. The van der Waals surface area contributed by atoms with Crippen LogP contribution in [-0.4, -0.2) is 5.11 Å². The molecule has 2 nitrogen and oxygen atoms in total. The normalized spacial score (nSPS) is 12.7. The predicted octanol–water partition coefficient (Wildman–Crippen LogP) is 4.10. The Hall–Kier alpha value is -1.54. The Balaban J connectivity index is 2.25. The zero-order valence-electron chi connectivity index (χ0n) is 12.4. The van der Waals surface area contributed by atoms with Crippen LogP contribution in [-0.2, 0) is 6.42 Å². The first-order valence-electron chi connectivity index (χ1n) is 6.70. The minimum atomic E-state index is -0.500. The molecule has 1 aromatic carbocycles. The number of hydrogen-bond acceptors (Lipinski definition) is 2. The highest BCUT2D eigenvalue weighted by molar-refractivity contribution is 5.36. The highest BCUT2D eigenvalue weighted by Gasteiger charge is 2.19. The summed E-state index contributed by atoms with van der Waals surface area (Å²) in [6, 6.07) is 6.34. The van der Waals surface area contributed by atoms with Gasteiger partial charge in [0, 0.05) is 12.0 Å². The van der Waals surface area contributed by atoms with Crippen molar-refractivity contribution in [2.75, 3.05) is 0 Å². The first-order valence-corrected chi connectivity index (χ1v) is 6.70. The topological polar surface area (TPSA) is 33.4 Å². The Kier molecular flexibility index (Phi) is 3.81. The van der Waals surface area contributed by atoms with Crippen molar-refractivity contribution in [3.8, 4) is 0 Å². The van der Waals surface area contributed by atoms with E-state index in [1.165, 1.54) is 11.1 Å². The molecule has 0 radical (unpaired) electrons. The number of aliphatic hydroxyl groups is 1. The fourth-order valence-electron chi connectivity index (χ4n) is 2.56. The van der Waals surface area contributed by atoms with E-state index in [-0.39, 0.29) is 0 Å². The third-order valence-electron chi connectivity index (χ3n) is 3.95. The average molecular weight is 258 g/mol. The Bertz CT molecular complexity index is 594. The molecule has 0 amide bonds. The lowest BCUT2D eigenvalue weighted by molar-refractivity contribution is 0.176. The summed E-state index contributed by atoms with van der Waals surface area (Å²) >= 11 is 0. The minimum Gasteiger partial charge on any atom is -0.466 e. The molecule has 1 atom stereocenters. The van der Waals surface area contributed by atoms with E-state index in [4.69, 9.17) is 4.42 Å². The highest BCUT2D eigenvalue weighted by atomic mass is 16.3. The summed E-state index contributed by atoms with van der Waals surface area (Å²) in [4.78, 5) is 0. The molecule has 2 aromatic rings. The molecular weight excluding hydrogens is 236 g/mol. The number of furan rings is 1. The van der Waals surface area contributed by atoms with E-state index in [0.29, 0.717) is 6.42 Å². The van der Waals surface area contributed by atoms with Gasteiger partial charge in [-0.2, -0.15) is 0 Å². The molecule has 1 heterocycles. The van der Waals surface area contributed by atoms with E-state index in [1.54, 1.807) is 0 Å². The minimum absolute atomic E-state index is 0.500. The molecule has 0 saturated carbocycles. The second-order valence-corrected chi connectivity index (χ2v) is 5.39. The summed E-state index contributed by atoms with van der Waals surface area (Å²) in [5.41, 5.74) is 5.71. The predicted molar refractivity (Wildman–Crippen MR) is 77.5 cm³/mol. The molecule has 19 heavy (non-hydrogen) atoms. The van der Waals surface area contributed by atoms with Crippen molar-refractivity contribution in [2.45, 2.75) is 47.1 Å². The number of hydrogen-bond donors (Lipinski definition) is 1. The van der Waals surface area contributed by atoms with Gasteiger partial charge in [0.1, 0.15) is 11.5 Å². The maximum absolute atomic E-state index is 10.4. The van der Waals surface area contributed by atoms with Crippen LogP contribution in [0.4, 0.5) is 0 Å². The molecule has 0 aliphatic heterocycles. The summed E-state index contributed by atoms with van der Waals surface area (Å²) in [6.07, 6.45) is 0.126. The quantitative estimate of drug-likeness (QED) is 0.899. The van der Waals surface area contributed by atoms with Crippen molar-refractivity contribution in [3.63, 3.8) is 0 Å². The smallest absolute Gasteiger partial charge is 0.107 e. The molecule has 2 heteroatoms. The molecule has 1 aromatic heterocycles. The van der Waals surface area contributed by atoms with E-state index in [0.717, 1.165) is 28.2 Å². The van der Waals surface area contributed by atoms with Crippen molar-refractivity contribution in [1.29, 1.82) is 0 Å². The number of rotatable bonds is 3. The maximum atomic E-state index is 10.4. The van der Waals surface area contributed by atoms with Crippen LogP contribution in [0.15, 0.2) is 22.6 Å². The summed E-state index contributed by atoms with van der Waals surface area (Å²) < 4.78 is 5.59. The van der Waals surface area contributed by atoms with Gasteiger partial charge in [-0.25, -0.2) is 0 Å². The Morgan fingerprint density at radius 3 is 2.21 bits per heavy atom. The standard InChI is InChI=1S/C17H22O2/c1-10-6-7-15(8-11(10)2)9-16(18)17-12(3)13(4)19-14(17)5/h6-8,16,18H,9H2,1-5H3. The lowest BCUT2D eigenvalue weighted by Crippen LogP contribution is -2.04. The second-order valence-electron chi connectivity index (χ2n) is 5.39. The third kappa shape index (κ3) is 2.74. The largest absolute Gasteiger partial charge is 0.466 e. The Labute approximate surface area is 115 Å². The molecule has 0 saturated heterocycles. The van der Waals surface area contributed by atoms with E-state index in [9.17, 15) is 5.11 Å². The first kappa shape index (κ1) is 13.9. The van der Waals surface area contributed by atoms with Crippen LogP contribution in [0.3, 0.4) is 0 Å². The van der Waals surface area contributed by atoms with Crippen LogP contribution in [0.25, 0.3) is 0 Å². The molecular formula is C17H22O2. The molecule has 1 unspecified atom stereocenters. The zero-order valence-corrected chi connectivity index (χ0v) is 12.4. The van der Waals surface area contributed by atoms with Crippen LogP contribution in [0.5, 0.6) is 0 Å². The van der Waals surface area contributed by atoms with Crippen LogP contribution in [0.1, 0.15) is 45.4 Å². The van der Waals surface area contributed by atoms with Gasteiger partial charge in [-0.3, -0.25) is 0 Å². The number of aryl methyl sites for hydroxylation is 4. The number of benzene rings is 1. The SMILES string of the molecule is Cc1ccc(CC(O)c2c(C)oc(C)c2C)cc1C. The van der Waals surface area contributed by atoms with Gasteiger partial charge in [-0.15, -0.1) is 0 Å². The fourth-order valence-corrected chi connectivity index (χ4v) is 2.56. The van der Waals surface area contributed by atoms with Gasteiger partial charge >= 0.3 is 0 Å². The molecule has 0 aliphatic carbocycles. The monoisotopic (exact) mass is 258 g/mol. The first-order chi connectivity index (χ1) is 8.90. The van der Waals surface area contributed by atoms with Gasteiger partial charge < -0.3 is 9.52 Å². The van der Waals surface area contributed by atoms with E-state index in [2.05, 4.69) is 32.0 Å². The molecule has 2 rings (SSSR count). The van der Waals surface area contributed by atoms with Crippen LogP contribution < -0.4 is 0 Å². The molecule has 0 spiro atoms. The van der Waals surface area contributed by atoms with Gasteiger partial charge in [0.2, 0.25) is 0 Å². The lowest BCUT2D eigenvalue weighted by Gasteiger charge is -2.12. The second kappa shape index (κ2) is 5.22. The summed E-state index contributed by atoms with van der Waals surface area (Å²) in [5, 5.41) is 10.4. The van der Waals surface area contributed by atoms with Crippen molar-refractivity contribution in [3.05, 3.63) is 57.5 Å². The maximum Gasteiger partial charge on any atom is 0.107 e. The van der Waals surface area contributed by atoms with Crippen molar-refractivity contribution in [2.24, 2.45) is 0 Å². The molecule has 1 N–H and O–H groups in total. The summed E-state index contributed by atoms with van der Waals surface area (Å²) in [6.45, 7) is 10.1. The zero-order chi connectivity index (χ0) is 14.2. The van der Waals surface area contributed by atoms with Crippen molar-refractivity contribution in [1.82, 2.24) is 0 Å². The molecule has 102 valence electrons. The van der Waals surface area contributed by atoms with Gasteiger partial charge in [-0.05, 0) is 56.9 Å².